The number of aliphatic hydroxyl groups excluding tert-OH is 1. The molecule has 1 aliphatic heterocycles. The molecule has 1 aliphatic carbocycles. The van der Waals surface area contributed by atoms with E-state index in [1.54, 1.807) is 0 Å². The molecule has 2 aliphatic rings. The molecule has 2 heteroatoms. The van der Waals surface area contributed by atoms with E-state index in [4.69, 9.17) is 0 Å². The first-order chi connectivity index (χ1) is 9.33. The molecule has 2 nitrogen and oxygen atoms in total. The quantitative estimate of drug-likeness (QED) is 0.901. The summed E-state index contributed by atoms with van der Waals surface area (Å²) in [7, 11) is 0. The van der Waals surface area contributed by atoms with Gasteiger partial charge in [0.15, 0.2) is 0 Å². The lowest BCUT2D eigenvalue weighted by Gasteiger charge is -2.41. The lowest BCUT2D eigenvalue weighted by molar-refractivity contribution is 0.0460. The molecule has 1 saturated carbocycles. The number of piperidine rings is 1. The number of hydrogen-bond acceptors (Lipinski definition) is 2. The van der Waals surface area contributed by atoms with E-state index < -0.39 is 0 Å². The summed E-state index contributed by atoms with van der Waals surface area (Å²) in [4.78, 5) is 2.48. The maximum atomic E-state index is 10.3. The number of fused-ring (bicyclic) bond motifs is 1. The van der Waals surface area contributed by atoms with Gasteiger partial charge in [-0.05, 0) is 36.8 Å². The molecule has 3 atom stereocenters. The van der Waals surface area contributed by atoms with E-state index in [1.165, 1.54) is 45.2 Å². The van der Waals surface area contributed by atoms with E-state index in [0.29, 0.717) is 0 Å². The Labute approximate surface area is 116 Å². The molecule has 1 N–H and O–H groups in total. The number of β-amino-alcohol motifs (C(OH)–C–C–N with tert-alkyl or cyclic N) is 1. The number of rotatable bonds is 3. The second-order valence-corrected chi connectivity index (χ2v) is 6.28. The Morgan fingerprint density at radius 1 is 1.05 bits per heavy atom. The summed E-state index contributed by atoms with van der Waals surface area (Å²) in [5.74, 6) is 1.87. The summed E-state index contributed by atoms with van der Waals surface area (Å²) in [6.07, 6.45) is 6.71. The van der Waals surface area contributed by atoms with Crippen molar-refractivity contribution in [2.24, 2.45) is 11.8 Å². The van der Waals surface area contributed by atoms with Crippen LogP contribution in [0.25, 0.3) is 0 Å². The average molecular weight is 259 g/mol. The van der Waals surface area contributed by atoms with Gasteiger partial charge in [0.2, 0.25) is 0 Å². The molecule has 0 bridgehead atoms. The number of hydrogen-bond donors (Lipinski definition) is 1. The minimum absolute atomic E-state index is 0.332. The highest BCUT2D eigenvalue weighted by atomic mass is 16.3. The van der Waals surface area contributed by atoms with Gasteiger partial charge in [0, 0.05) is 13.1 Å². The molecule has 0 radical (unpaired) electrons. The van der Waals surface area contributed by atoms with Crippen molar-refractivity contribution in [1.82, 2.24) is 4.90 Å². The SMILES string of the molecule is O[C@H](CN1CC[C@H]2CCCC[C@@H]2C1)c1ccccc1. The van der Waals surface area contributed by atoms with Crippen molar-refractivity contribution < 1.29 is 5.11 Å². The Kier molecular flexibility index (Phi) is 4.19. The van der Waals surface area contributed by atoms with E-state index in [1.807, 2.05) is 30.3 Å². The third-order valence-electron chi connectivity index (χ3n) is 4.99. The first-order valence-electron chi connectivity index (χ1n) is 7.78. The molecular weight excluding hydrogens is 234 g/mol. The molecule has 1 aromatic carbocycles. The van der Waals surface area contributed by atoms with Gasteiger partial charge in [0.1, 0.15) is 0 Å². The van der Waals surface area contributed by atoms with Gasteiger partial charge in [-0.1, -0.05) is 49.6 Å². The fraction of sp³-hybridized carbons (Fsp3) is 0.647. The van der Waals surface area contributed by atoms with Crippen LogP contribution in [0.5, 0.6) is 0 Å². The molecule has 0 amide bonds. The van der Waals surface area contributed by atoms with Crippen LogP contribution in [-0.2, 0) is 0 Å². The third-order valence-corrected chi connectivity index (χ3v) is 4.99. The van der Waals surface area contributed by atoms with Crippen molar-refractivity contribution in [3.05, 3.63) is 35.9 Å². The standard InChI is InChI=1S/C17H25NO/c19-17(15-7-2-1-3-8-15)13-18-11-10-14-6-4-5-9-16(14)12-18/h1-3,7-8,14,16-17,19H,4-6,9-13H2/t14-,16-,17-/m1/s1. The van der Waals surface area contributed by atoms with E-state index in [-0.39, 0.29) is 6.10 Å². The Bertz CT molecular complexity index is 392. The van der Waals surface area contributed by atoms with E-state index >= 15 is 0 Å². The predicted molar refractivity (Wildman–Crippen MR) is 77.9 cm³/mol. The molecule has 2 fully saturated rings. The van der Waals surface area contributed by atoms with Gasteiger partial charge in [-0.2, -0.15) is 0 Å². The van der Waals surface area contributed by atoms with Gasteiger partial charge in [0.25, 0.3) is 0 Å². The van der Waals surface area contributed by atoms with Crippen molar-refractivity contribution in [2.45, 2.75) is 38.2 Å². The van der Waals surface area contributed by atoms with E-state index in [2.05, 4.69) is 4.90 Å². The van der Waals surface area contributed by atoms with Gasteiger partial charge in [0.05, 0.1) is 6.10 Å². The topological polar surface area (TPSA) is 23.5 Å². The maximum Gasteiger partial charge on any atom is 0.0916 e. The highest BCUT2D eigenvalue weighted by Crippen LogP contribution is 2.36. The van der Waals surface area contributed by atoms with Gasteiger partial charge < -0.3 is 10.0 Å². The van der Waals surface area contributed by atoms with Crippen LogP contribution in [0.1, 0.15) is 43.8 Å². The Morgan fingerprint density at radius 2 is 1.79 bits per heavy atom. The highest BCUT2D eigenvalue weighted by molar-refractivity contribution is 5.17. The number of benzene rings is 1. The lowest BCUT2D eigenvalue weighted by atomic mass is 9.75. The van der Waals surface area contributed by atoms with Crippen LogP contribution < -0.4 is 0 Å². The summed E-state index contributed by atoms with van der Waals surface area (Å²) < 4.78 is 0. The van der Waals surface area contributed by atoms with Crippen LogP contribution in [0, 0.1) is 11.8 Å². The molecule has 0 unspecified atom stereocenters. The highest BCUT2D eigenvalue weighted by Gasteiger charge is 2.31. The molecule has 3 rings (SSSR count). The zero-order valence-corrected chi connectivity index (χ0v) is 11.7. The van der Waals surface area contributed by atoms with Gasteiger partial charge in [-0.15, -0.1) is 0 Å². The minimum atomic E-state index is -0.332. The van der Waals surface area contributed by atoms with Gasteiger partial charge in [-0.3, -0.25) is 0 Å². The molecule has 1 heterocycles. The predicted octanol–water partition coefficient (Wildman–Crippen LogP) is 3.23. The fourth-order valence-electron chi connectivity index (χ4n) is 3.87. The van der Waals surface area contributed by atoms with E-state index in [9.17, 15) is 5.11 Å². The molecular formula is C17H25NO. The normalized spacial score (nSPS) is 29.7. The molecule has 1 aromatic rings. The molecule has 1 saturated heterocycles. The lowest BCUT2D eigenvalue weighted by Crippen LogP contribution is -2.43. The largest absolute Gasteiger partial charge is 0.387 e. The van der Waals surface area contributed by atoms with Crippen LogP contribution in [0.4, 0.5) is 0 Å². The molecule has 19 heavy (non-hydrogen) atoms. The van der Waals surface area contributed by atoms with Crippen molar-refractivity contribution in [3.63, 3.8) is 0 Å². The summed E-state index contributed by atoms with van der Waals surface area (Å²) in [5, 5.41) is 10.3. The smallest absolute Gasteiger partial charge is 0.0916 e. The van der Waals surface area contributed by atoms with Crippen LogP contribution in [0.15, 0.2) is 30.3 Å². The molecule has 0 aromatic heterocycles. The Hall–Kier alpha value is -0.860. The van der Waals surface area contributed by atoms with Crippen molar-refractivity contribution >= 4 is 0 Å². The summed E-state index contributed by atoms with van der Waals surface area (Å²) in [6.45, 7) is 3.17. The number of nitrogens with zero attached hydrogens (tertiary/aromatic N) is 1. The van der Waals surface area contributed by atoms with Crippen molar-refractivity contribution in [3.8, 4) is 0 Å². The summed E-state index contributed by atoms with van der Waals surface area (Å²) in [6, 6.07) is 10.1. The average Bonchev–Trinajstić information content (AvgIpc) is 2.48. The van der Waals surface area contributed by atoms with Crippen LogP contribution in [0.2, 0.25) is 0 Å². The van der Waals surface area contributed by atoms with Crippen molar-refractivity contribution in [2.75, 3.05) is 19.6 Å². The zero-order chi connectivity index (χ0) is 13.1. The Morgan fingerprint density at radius 3 is 2.58 bits per heavy atom. The first-order valence-corrected chi connectivity index (χ1v) is 7.78. The monoisotopic (exact) mass is 259 g/mol. The first kappa shape index (κ1) is 13.1. The molecule has 104 valence electrons. The van der Waals surface area contributed by atoms with Crippen LogP contribution >= 0.6 is 0 Å². The number of aliphatic hydroxyl groups is 1. The third kappa shape index (κ3) is 3.18. The fourth-order valence-corrected chi connectivity index (χ4v) is 3.87. The van der Waals surface area contributed by atoms with Crippen molar-refractivity contribution in [1.29, 1.82) is 0 Å². The second kappa shape index (κ2) is 6.06. The zero-order valence-electron chi connectivity index (χ0n) is 11.7. The Balaban J connectivity index is 1.56. The van der Waals surface area contributed by atoms with Crippen LogP contribution in [-0.4, -0.2) is 29.6 Å². The van der Waals surface area contributed by atoms with Gasteiger partial charge in [-0.25, -0.2) is 0 Å². The maximum absolute atomic E-state index is 10.3. The summed E-state index contributed by atoms with van der Waals surface area (Å²) >= 11 is 0. The molecule has 0 spiro atoms. The minimum Gasteiger partial charge on any atom is -0.387 e. The van der Waals surface area contributed by atoms with Gasteiger partial charge >= 0.3 is 0 Å². The number of likely N-dealkylation sites (tertiary alicyclic amines) is 1. The van der Waals surface area contributed by atoms with E-state index in [0.717, 1.165) is 23.9 Å². The van der Waals surface area contributed by atoms with Crippen LogP contribution in [0.3, 0.4) is 0 Å². The summed E-state index contributed by atoms with van der Waals surface area (Å²) in [5.41, 5.74) is 1.05. The second-order valence-electron chi connectivity index (χ2n) is 6.28.